The predicted octanol–water partition coefficient (Wildman–Crippen LogP) is 1.56. The molecule has 4 heterocycles. The molecule has 0 spiro atoms. The topological polar surface area (TPSA) is 94.5 Å². The summed E-state index contributed by atoms with van der Waals surface area (Å²) in [6, 6.07) is 9.35. The van der Waals surface area contributed by atoms with E-state index in [1.165, 1.54) is 29.0 Å². The fourth-order valence-electron chi connectivity index (χ4n) is 2.73. The second-order valence-corrected chi connectivity index (χ2v) is 5.83. The van der Waals surface area contributed by atoms with Gasteiger partial charge in [-0.1, -0.05) is 17.3 Å². The van der Waals surface area contributed by atoms with Crippen LogP contribution in [-0.2, 0) is 0 Å². The molecule has 27 heavy (non-hydrogen) atoms. The highest BCUT2D eigenvalue weighted by molar-refractivity contribution is 5.92. The predicted molar refractivity (Wildman–Crippen MR) is 102 cm³/mol. The van der Waals surface area contributed by atoms with E-state index in [0.717, 1.165) is 11.1 Å². The van der Waals surface area contributed by atoms with Crippen LogP contribution in [0.3, 0.4) is 0 Å². The van der Waals surface area contributed by atoms with Gasteiger partial charge in [-0.2, -0.15) is 0 Å². The van der Waals surface area contributed by atoms with Gasteiger partial charge in [0.1, 0.15) is 5.52 Å². The molecule has 132 valence electrons. The summed E-state index contributed by atoms with van der Waals surface area (Å²) >= 11 is 0. The number of aromatic nitrogens is 5. The summed E-state index contributed by atoms with van der Waals surface area (Å²) < 4.78 is 2.99. The Kier molecular flexibility index (Phi) is 4.36. The minimum Gasteiger partial charge on any atom is -0.284 e. The fourth-order valence-corrected chi connectivity index (χ4v) is 2.73. The van der Waals surface area contributed by atoms with Crippen molar-refractivity contribution >= 4 is 23.5 Å². The average Bonchev–Trinajstić information content (AvgIpc) is 3.12. The van der Waals surface area contributed by atoms with Crippen molar-refractivity contribution in [2.45, 2.75) is 6.42 Å². The molecule has 2 aliphatic heterocycles. The monoisotopic (exact) mass is 358 g/mol. The maximum absolute atomic E-state index is 12.7. The van der Waals surface area contributed by atoms with Gasteiger partial charge in [0.25, 0.3) is 11.1 Å². The highest BCUT2D eigenvalue weighted by Crippen LogP contribution is 2.28. The second-order valence-electron chi connectivity index (χ2n) is 5.83. The molecule has 0 saturated heterocycles. The minimum atomic E-state index is -0.433. The Labute approximate surface area is 153 Å². The summed E-state index contributed by atoms with van der Waals surface area (Å²) in [6.45, 7) is 0. The Balaban J connectivity index is 2.04. The third-order valence-electron chi connectivity index (χ3n) is 3.98. The molecular formula is C19H14N6O2. The lowest BCUT2D eigenvalue weighted by molar-refractivity contribution is 0.856. The van der Waals surface area contributed by atoms with Gasteiger partial charge in [0.05, 0.1) is 18.1 Å². The van der Waals surface area contributed by atoms with Gasteiger partial charge in [0.2, 0.25) is 0 Å². The van der Waals surface area contributed by atoms with Crippen LogP contribution >= 0.6 is 0 Å². The molecule has 0 fully saturated rings. The normalized spacial score (nSPS) is 13.6. The lowest BCUT2D eigenvalue weighted by Gasteiger charge is -2.19. The van der Waals surface area contributed by atoms with Crippen LogP contribution in [0.15, 0.2) is 81.3 Å². The third-order valence-corrected chi connectivity index (χ3v) is 3.98. The van der Waals surface area contributed by atoms with Crippen LogP contribution in [0, 0.1) is 0 Å². The molecule has 2 aromatic rings. The first kappa shape index (κ1) is 16.5. The van der Waals surface area contributed by atoms with Crippen molar-refractivity contribution in [1.82, 2.24) is 24.4 Å². The smallest absolute Gasteiger partial charge is 0.269 e. The van der Waals surface area contributed by atoms with E-state index in [1.54, 1.807) is 53.6 Å². The first-order chi connectivity index (χ1) is 13.2. The Bertz CT molecular complexity index is 1250. The number of nitrogens with zero attached hydrogens (tertiary/aromatic N) is 6. The highest BCUT2D eigenvalue weighted by Gasteiger charge is 2.15. The molecule has 0 saturated carbocycles. The van der Waals surface area contributed by atoms with Crippen LogP contribution < -0.4 is 11.1 Å². The van der Waals surface area contributed by atoms with Crippen LogP contribution in [0.2, 0.25) is 0 Å². The van der Waals surface area contributed by atoms with Gasteiger partial charge < -0.3 is 0 Å². The van der Waals surface area contributed by atoms with Gasteiger partial charge in [-0.15, -0.1) is 5.10 Å². The van der Waals surface area contributed by atoms with E-state index in [2.05, 4.69) is 20.3 Å². The van der Waals surface area contributed by atoms with E-state index in [9.17, 15) is 9.59 Å². The van der Waals surface area contributed by atoms with Crippen molar-refractivity contribution in [2.75, 3.05) is 0 Å². The van der Waals surface area contributed by atoms with Crippen LogP contribution in [0.1, 0.15) is 12.1 Å². The molecule has 2 bridgehead atoms. The number of rotatable bonds is 0. The Morgan fingerprint density at radius 3 is 2.85 bits per heavy atom. The Morgan fingerprint density at radius 1 is 1.00 bits per heavy atom. The zero-order valence-electron chi connectivity index (χ0n) is 14.1. The molecule has 0 unspecified atom stereocenters. The zero-order chi connectivity index (χ0) is 18.6. The van der Waals surface area contributed by atoms with Crippen molar-refractivity contribution in [3.8, 4) is 0 Å². The number of hydrogen-bond acceptors (Lipinski definition) is 6. The van der Waals surface area contributed by atoms with Crippen molar-refractivity contribution in [3.05, 3.63) is 93.2 Å². The highest BCUT2D eigenvalue weighted by atomic mass is 16.1. The Morgan fingerprint density at radius 2 is 1.93 bits per heavy atom. The van der Waals surface area contributed by atoms with Gasteiger partial charge in [-0.3, -0.25) is 19.1 Å². The molecular weight excluding hydrogens is 344 g/mol. The number of hydrogen-bond donors (Lipinski definition) is 0. The van der Waals surface area contributed by atoms with Crippen molar-refractivity contribution in [3.63, 3.8) is 0 Å². The van der Waals surface area contributed by atoms with E-state index < -0.39 is 5.56 Å². The molecule has 8 nitrogen and oxygen atoms in total. The summed E-state index contributed by atoms with van der Waals surface area (Å²) in [6.07, 6.45) is 10.4. The minimum absolute atomic E-state index is 0.214. The molecule has 8 heteroatoms. The van der Waals surface area contributed by atoms with E-state index in [4.69, 9.17) is 0 Å². The first-order valence-electron chi connectivity index (χ1n) is 8.19. The second kappa shape index (κ2) is 7.12. The molecule has 0 amide bonds. The van der Waals surface area contributed by atoms with E-state index in [-0.39, 0.29) is 5.56 Å². The molecule has 0 atom stereocenters. The van der Waals surface area contributed by atoms with Crippen molar-refractivity contribution < 1.29 is 0 Å². The first-order valence-corrected chi connectivity index (χ1v) is 8.19. The average molecular weight is 358 g/mol. The SMILES string of the molecule is O=c1cccc2n(c(=O)ccccn3nncc3cn1)C=C1C=NC=C2C1. The van der Waals surface area contributed by atoms with Gasteiger partial charge in [-0.05, 0) is 23.3 Å². The lowest BCUT2D eigenvalue weighted by Crippen LogP contribution is -2.20. The number of allylic oxidation sites excluding steroid dienone is 2. The standard InChI is InChI=1S/C19H14N6O2/c26-18-5-3-4-17-15-8-14(9-20-10-15)13-24(17)19(27)6-1-2-7-25-16(11-21-18)12-22-23-25/h1-7,9-13H,8H2. The lowest BCUT2D eigenvalue weighted by atomic mass is 9.99. The van der Waals surface area contributed by atoms with Gasteiger partial charge in [0.15, 0.2) is 0 Å². The number of aliphatic imine (C=N–C) groups is 1. The molecule has 2 aromatic heterocycles. The maximum atomic E-state index is 12.7. The summed E-state index contributed by atoms with van der Waals surface area (Å²) in [5.41, 5.74) is 2.42. The van der Waals surface area contributed by atoms with Crippen molar-refractivity contribution in [1.29, 1.82) is 0 Å². The quantitative estimate of drug-likeness (QED) is 0.712. The van der Waals surface area contributed by atoms with Gasteiger partial charge in [-0.25, -0.2) is 9.50 Å². The third kappa shape index (κ3) is 3.54. The summed E-state index contributed by atoms with van der Waals surface area (Å²) in [4.78, 5) is 32.7. The molecule has 0 N–H and O–H groups in total. The zero-order valence-corrected chi connectivity index (χ0v) is 14.1. The van der Waals surface area contributed by atoms with Crippen LogP contribution in [-0.4, -0.2) is 30.6 Å². The summed E-state index contributed by atoms with van der Waals surface area (Å²) in [7, 11) is 0. The van der Waals surface area contributed by atoms with E-state index in [0.29, 0.717) is 17.6 Å². The van der Waals surface area contributed by atoms with E-state index in [1.807, 2.05) is 0 Å². The summed E-state index contributed by atoms with van der Waals surface area (Å²) in [5.74, 6) is 0. The molecule has 4 rings (SSSR count). The molecule has 2 aliphatic rings. The van der Waals surface area contributed by atoms with Crippen LogP contribution in [0.4, 0.5) is 0 Å². The molecule has 0 aromatic carbocycles. The Hall–Kier alpha value is -3.94. The summed E-state index contributed by atoms with van der Waals surface area (Å²) in [5, 5.41) is 7.66. The molecule has 0 radical (unpaired) electrons. The van der Waals surface area contributed by atoms with E-state index >= 15 is 0 Å². The van der Waals surface area contributed by atoms with Gasteiger partial charge in [0, 0.05) is 43.4 Å². The largest absolute Gasteiger partial charge is 0.284 e. The number of fused-ring (bicyclic) bond motifs is 5. The van der Waals surface area contributed by atoms with Crippen LogP contribution in [0.5, 0.6) is 0 Å². The maximum Gasteiger partial charge on any atom is 0.269 e. The van der Waals surface area contributed by atoms with Crippen molar-refractivity contribution in [2.24, 2.45) is 4.99 Å². The fraction of sp³-hybridized carbons (Fsp3) is 0.0526. The van der Waals surface area contributed by atoms with Gasteiger partial charge >= 0.3 is 0 Å². The molecule has 0 aliphatic carbocycles. The van der Waals surface area contributed by atoms with Crippen LogP contribution in [0.25, 0.3) is 17.3 Å².